The van der Waals surface area contributed by atoms with Crippen LogP contribution < -0.4 is 0 Å². The molecule has 0 amide bonds. The summed E-state index contributed by atoms with van der Waals surface area (Å²) in [7, 11) is 2.09. The van der Waals surface area contributed by atoms with Crippen molar-refractivity contribution in [2.45, 2.75) is 12.3 Å². The van der Waals surface area contributed by atoms with Gasteiger partial charge in [-0.3, -0.25) is 4.99 Å². The lowest BCUT2D eigenvalue weighted by Gasteiger charge is -2.17. The molecule has 0 spiro atoms. The van der Waals surface area contributed by atoms with Crippen molar-refractivity contribution < 1.29 is 0 Å². The maximum atomic E-state index is 5.12. The van der Waals surface area contributed by atoms with E-state index in [9.17, 15) is 0 Å². The van der Waals surface area contributed by atoms with Gasteiger partial charge in [-0.05, 0) is 28.7 Å². The quantitative estimate of drug-likeness (QED) is 0.191. The fraction of sp³-hybridized carbons (Fsp3) is 0.111. The lowest BCUT2D eigenvalue weighted by molar-refractivity contribution is 0.728. The molecule has 6 aromatic rings. The van der Waals surface area contributed by atoms with Crippen LogP contribution in [-0.4, -0.2) is 22.3 Å². The number of imidazole rings is 1. The number of nitrogens with zero attached hydrogens (tertiary/aromatic N) is 3. The van der Waals surface area contributed by atoms with Gasteiger partial charge in [0.2, 0.25) is 0 Å². The monoisotopic (exact) mass is 505 g/mol. The number of hydrogen-bond donors (Lipinski definition) is 0. The summed E-state index contributed by atoms with van der Waals surface area (Å²) in [5.74, 6) is 1.17. The van der Waals surface area contributed by atoms with E-state index in [4.69, 9.17) is 9.98 Å². The zero-order valence-electron chi connectivity index (χ0n) is 22.1. The van der Waals surface area contributed by atoms with E-state index in [1.807, 2.05) is 12.3 Å². The Morgan fingerprint density at radius 1 is 0.641 bits per heavy atom. The van der Waals surface area contributed by atoms with Crippen molar-refractivity contribution in [1.82, 2.24) is 9.55 Å². The van der Waals surface area contributed by atoms with Crippen LogP contribution in [0.25, 0.3) is 33.3 Å². The average molecular weight is 506 g/mol. The van der Waals surface area contributed by atoms with Crippen molar-refractivity contribution >= 4 is 17.2 Å². The Morgan fingerprint density at radius 2 is 1.13 bits per heavy atom. The molecule has 0 aliphatic carbocycles. The van der Waals surface area contributed by atoms with Gasteiger partial charge in [0.25, 0.3) is 0 Å². The van der Waals surface area contributed by atoms with Crippen LogP contribution in [0, 0.1) is 0 Å². The highest BCUT2D eigenvalue weighted by atomic mass is 15.1. The molecule has 0 N–H and O–H groups in total. The third-order valence-electron chi connectivity index (χ3n) is 7.38. The van der Waals surface area contributed by atoms with Crippen LogP contribution in [0.15, 0.2) is 138 Å². The van der Waals surface area contributed by atoms with Gasteiger partial charge < -0.3 is 4.57 Å². The summed E-state index contributed by atoms with van der Waals surface area (Å²) in [4.78, 5) is 10.0. The Morgan fingerprint density at radius 3 is 1.69 bits per heavy atom. The molecular weight excluding hydrogens is 474 g/mol. The molecule has 1 heterocycles. The van der Waals surface area contributed by atoms with E-state index >= 15 is 0 Å². The van der Waals surface area contributed by atoms with Gasteiger partial charge >= 0.3 is 0 Å². The van der Waals surface area contributed by atoms with E-state index in [1.165, 1.54) is 22.3 Å². The van der Waals surface area contributed by atoms with Gasteiger partial charge in [0, 0.05) is 30.6 Å². The largest absolute Gasteiger partial charge is 0.326 e. The number of benzene rings is 5. The summed E-state index contributed by atoms with van der Waals surface area (Å²) >= 11 is 0. The predicted molar refractivity (Wildman–Crippen MR) is 163 cm³/mol. The molecule has 0 saturated heterocycles. The summed E-state index contributed by atoms with van der Waals surface area (Å²) < 4.78 is 2.18. The third kappa shape index (κ3) is 5.17. The van der Waals surface area contributed by atoms with Crippen molar-refractivity contribution in [3.05, 3.63) is 150 Å². The Hall–Kier alpha value is -4.76. The second-order valence-corrected chi connectivity index (χ2v) is 9.82. The lowest BCUT2D eigenvalue weighted by atomic mass is 9.89. The van der Waals surface area contributed by atoms with Crippen molar-refractivity contribution in [1.29, 1.82) is 0 Å². The minimum Gasteiger partial charge on any atom is -0.326 e. The van der Waals surface area contributed by atoms with Gasteiger partial charge in [-0.25, -0.2) is 4.98 Å². The Kier molecular flexibility index (Phi) is 7.13. The van der Waals surface area contributed by atoms with Crippen LogP contribution >= 0.6 is 0 Å². The molecule has 0 saturated carbocycles. The van der Waals surface area contributed by atoms with Gasteiger partial charge in [-0.1, -0.05) is 133 Å². The summed E-state index contributed by atoms with van der Waals surface area (Å²) in [5.41, 5.74) is 9.41. The first-order chi connectivity index (χ1) is 19.3. The van der Waals surface area contributed by atoms with E-state index in [0.29, 0.717) is 5.92 Å². The lowest BCUT2D eigenvalue weighted by Crippen LogP contribution is -2.04. The summed E-state index contributed by atoms with van der Waals surface area (Å²) in [5, 5.41) is 0. The number of aliphatic imine (C=N–C) groups is 1. The topological polar surface area (TPSA) is 30.2 Å². The molecule has 0 aliphatic rings. The average Bonchev–Trinajstić information content (AvgIpc) is 3.34. The molecule has 3 nitrogen and oxygen atoms in total. The number of hydrogen-bond acceptors (Lipinski definition) is 2. The fourth-order valence-corrected chi connectivity index (χ4v) is 5.40. The van der Waals surface area contributed by atoms with Crippen molar-refractivity contribution in [3.63, 3.8) is 0 Å². The van der Waals surface area contributed by atoms with E-state index in [1.54, 1.807) is 0 Å². The zero-order valence-corrected chi connectivity index (χ0v) is 22.1. The second kappa shape index (κ2) is 11.3. The fourth-order valence-electron chi connectivity index (χ4n) is 5.40. The summed E-state index contributed by atoms with van der Waals surface area (Å²) in [6.07, 6.45) is 2.87. The Labute approximate surface area is 230 Å². The molecule has 1 aromatic heterocycles. The minimum absolute atomic E-state index is 0.305. The number of aromatic nitrogens is 2. The first-order valence-corrected chi connectivity index (χ1v) is 13.5. The van der Waals surface area contributed by atoms with Crippen molar-refractivity contribution in [3.8, 4) is 22.3 Å². The Bertz CT molecular complexity index is 1650. The van der Waals surface area contributed by atoms with Gasteiger partial charge in [-0.15, -0.1) is 0 Å². The molecule has 0 unspecified atom stereocenters. The molecule has 190 valence electrons. The maximum absolute atomic E-state index is 5.12. The van der Waals surface area contributed by atoms with E-state index < -0.39 is 0 Å². The summed E-state index contributed by atoms with van der Waals surface area (Å²) in [6, 6.07) is 46.9. The molecule has 0 fully saturated rings. The molecular formula is C36H31N3. The molecule has 0 atom stereocenters. The van der Waals surface area contributed by atoms with Gasteiger partial charge in [0.15, 0.2) is 5.82 Å². The molecule has 3 heteroatoms. The zero-order chi connectivity index (χ0) is 26.4. The Balaban J connectivity index is 1.34. The third-order valence-corrected chi connectivity index (χ3v) is 7.38. The van der Waals surface area contributed by atoms with Crippen molar-refractivity contribution in [2.75, 3.05) is 6.54 Å². The van der Waals surface area contributed by atoms with E-state index in [0.717, 1.165) is 41.0 Å². The van der Waals surface area contributed by atoms with Gasteiger partial charge in [0.1, 0.15) is 0 Å². The highest BCUT2D eigenvalue weighted by Crippen LogP contribution is 2.35. The van der Waals surface area contributed by atoms with E-state index in [2.05, 4.69) is 139 Å². The molecule has 0 bridgehead atoms. The van der Waals surface area contributed by atoms with Gasteiger partial charge in [0.05, 0.1) is 17.2 Å². The first kappa shape index (κ1) is 24.6. The molecule has 5 aromatic carbocycles. The predicted octanol–water partition coefficient (Wildman–Crippen LogP) is 8.55. The number of fused-ring (bicyclic) bond motifs is 1. The van der Waals surface area contributed by atoms with Crippen molar-refractivity contribution in [2.24, 2.45) is 12.0 Å². The number of aryl methyl sites for hydroxylation is 1. The molecule has 0 aliphatic heterocycles. The summed E-state index contributed by atoms with van der Waals surface area (Å²) in [6.45, 7) is 0.717. The molecule has 6 rings (SSSR count). The van der Waals surface area contributed by atoms with Crippen LogP contribution in [0.2, 0.25) is 0 Å². The SMILES string of the molecule is Cn1c(/C=N/CCC(c2ccccc2)c2ccccc2)nc2c(-c3ccccc3)ccc(-c3ccccc3)c21. The van der Waals surface area contributed by atoms with Gasteiger partial charge in [-0.2, -0.15) is 0 Å². The van der Waals surface area contributed by atoms with Crippen LogP contribution in [-0.2, 0) is 7.05 Å². The van der Waals surface area contributed by atoms with Crippen LogP contribution in [0.5, 0.6) is 0 Å². The first-order valence-electron chi connectivity index (χ1n) is 13.5. The maximum Gasteiger partial charge on any atom is 0.151 e. The van der Waals surface area contributed by atoms with Crippen LogP contribution in [0.4, 0.5) is 0 Å². The standard InChI is InChI=1S/C36H31N3/c1-39-34(26-37-25-24-31(27-14-6-2-7-15-27)28-16-8-3-9-17-28)38-35-32(29-18-10-4-11-19-29)22-23-33(36(35)39)30-20-12-5-13-21-30/h2-23,26,31H,24-25H2,1H3/b37-26+. The van der Waals surface area contributed by atoms with Crippen LogP contribution in [0.3, 0.4) is 0 Å². The minimum atomic E-state index is 0.305. The highest BCUT2D eigenvalue weighted by molar-refractivity contribution is 6.03. The van der Waals surface area contributed by atoms with Crippen LogP contribution in [0.1, 0.15) is 29.3 Å². The number of rotatable bonds is 8. The smallest absolute Gasteiger partial charge is 0.151 e. The second-order valence-electron chi connectivity index (χ2n) is 9.82. The van der Waals surface area contributed by atoms with E-state index in [-0.39, 0.29) is 0 Å². The normalized spacial score (nSPS) is 11.5. The molecule has 39 heavy (non-hydrogen) atoms. The highest BCUT2D eigenvalue weighted by Gasteiger charge is 2.17. The molecule has 0 radical (unpaired) electrons.